The number of hydrogen-bond acceptors (Lipinski definition) is 2. The van der Waals surface area contributed by atoms with Crippen molar-refractivity contribution in [3.05, 3.63) is 33.8 Å². The molecule has 0 aliphatic heterocycles. The third-order valence-corrected chi connectivity index (χ3v) is 6.13. The van der Waals surface area contributed by atoms with Gasteiger partial charge < -0.3 is 5.32 Å². The Labute approximate surface area is 124 Å². The van der Waals surface area contributed by atoms with Crippen LogP contribution in [0.3, 0.4) is 0 Å². The lowest BCUT2D eigenvalue weighted by atomic mass is 9.84. The third kappa shape index (κ3) is 2.98. The Morgan fingerprint density at radius 1 is 1.39 bits per heavy atom. The van der Waals surface area contributed by atoms with Crippen LogP contribution in [-0.4, -0.2) is 17.5 Å². The molecule has 0 amide bonds. The third-order valence-electron chi connectivity index (χ3n) is 3.88. The molecule has 0 spiro atoms. The zero-order chi connectivity index (χ0) is 13.2. The maximum absolute atomic E-state index is 6.24. The second-order valence-corrected chi connectivity index (χ2v) is 7.05. The second-order valence-electron chi connectivity index (χ2n) is 4.99. The topological polar surface area (TPSA) is 12.0 Å². The minimum Gasteiger partial charge on any atom is -0.309 e. The molecule has 0 radical (unpaired) electrons. The highest BCUT2D eigenvalue weighted by Gasteiger charge is 2.36. The average molecular weight is 304 g/mol. The van der Waals surface area contributed by atoms with Crippen molar-refractivity contribution in [3.8, 4) is 0 Å². The number of halogens is 2. The van der Waals surface area contributed by atoms with Crippen molar-refractivity contribution >= 4 is 35.0 Å². The summed E-state index contributed by atoms with van der Waals surface area (Å²) in [5.74, 6) is 0. The minimum absolute atomic E-state index is 0.237. The summed E-state index contributed by atoms with van der Waals surface area (Å²) in [6.07, 6.45) is 6.20. The fourth-order valence-corrected chi connectivity index (χ4v) is 3.72. The van der Waals surface area contributed by atoms with Gasteiger partial charge in [-0.15, -0.1) is 0 Å². The van der Waals surface area contributed by atoms with E-state index in [1.165, 1.54) is 19.3 Å². The van der Waals surface area contributed by atoms with Gasteiger partial charge in [0.05, 0.1) is 10.0 Å². The summed E-state index contributed by atoms with van der Waals surface area (Å²) in [7, 11) is 0. The van der Waals surface area contributed by atoms with Gasteiger partial charge in [0.1, 0.15) is 0 Å². The van der Waals surface area contributed by atoms with Gasteiger partial charge in [0.25, 0.3) is 0 Å². The van der Waals surface area contributed by atoms with Crippen LogP contribution < -0.4 is 5.32 Å². The van der Waals surface area contributed by atoms with Crippen LogP contribution in [0.4, 0.5) is 0 Å². The maximum Gasteiger partial charge on any atom is 0.0639 e. The van der Waals surface area contributed by atoms with Crippen molar-refractivity contribution in [1.29, 1.82) is 0 Å². The fraction of sp³-hybridized carbons (Fsp3) is 0.571. The number of thioether (sulfide) groups is 1. The van der Waals surface area contributed by atoms with Crippen molar-refractivity contribution in [2.24, 2.45) is 0 Å². The molecule has 1 atom stereocenters. The van der Waals surface area contributed by atoms with Gasteiger partial charge in [-0.1, -0.05) is 41.8 Å². The molecule has 1 nitrogen and oxygen atoms in total. The van der Waals surface area contributed by atoms with Crippen LogP contribution in [-0.2, 0) is 0 Å². The van der Waals surface area contributed by atoms with Crippen LogP contribution in [0.2, 0.25) is 10.0 Å². The number of benzene rings is 1. The van der Waals surface area contributed by atoms with E-state index in [1.54, 1.807) is 0 Å². The molecule has 1 aliphatic carbocycles. The molecule has 4 heteroatoms. The van der Waals surface area contributed by atoms with Crippen molar-refractivity contribution in [3.63, 3.8) is 0 Å². The quantitative estimate of drug-likeness (QED) is 0.828. The number of nitrogens with one attached hydrogen (secondary N) is 1. The normalized spacial score (nSPS) is 19.3. The Morgan fingerprint density at radius 2 is 2.11 bits per heavy atom. The van der Waals surface area contributed by atoms with Crippen LogP contribution >= 0.6 is 35.0 Å². The Morgan fingerprint density at radius 3 is 2.67 bits per heavy atom. The highest BCUT2D eigenvalue weighted by atomic mass is 35.5. The van der Waals surface area contributed by atoms with Crippen molar-refractivity contribution in [2.75, 3.05) is 12.8 Å². The first-order valence-corrected chi connectivity index (χ1v) is 8.28. The van der Waals surface area contributed by atoms with Gasteiger partial charge in [0.15, 0.2) is 0 Å². The van der Waals surface area contributed by atoms with Crippen molar-refractivity contribution in [1.82, 2.24) is 5.32 Å². The van der Waals surface area contributed by atoms with E-state index in [4.69, 9.17) is 23.2 Å². The molecule has 0 heterocycles. The summed E-state index contributed by atoms with van der Waals surface area (Å²) in [5, 5.41) is 4.90. The Hall–Kier alpha value is 0.110. The summed E-state index contributed by atoms with van der Waals surface area (Å²) < 4.78 is 0.444. The lowest BCUT2D eigenvalue weighted by Crippen LogP contribution is -2.44. The summed E-state index contributed by atoms with van der Waals surface area (Å²) in [6.45, 7) is 3.18. The molecule has 100 valence electrons. The van der Waals surface area contributed by atoms with Gasteiger partial charge in [-0.2, -0.15) is 11.8 Å². The summed E-state index contributed by atoms with van der Waals surface area (Å²) in [4.78, 5) is 0. The minimum atomic E-state index is 0.237. The molecular weight excluding hydrogens is 285 g/mol. The molecule has 0 bridgehead atoms. The molecule has 1 saturated carbocycles. The molecule has 1 aromatic carbocycles. The molecule has 1 N–H and O–H groups in total. The summed E-state index contributed by atoms with van der Waals surface area (Å²) in [5.41, 5.74) is 1.08. The van der Waals surface area contributed by atoms with Crippen LogP contribution in [0.15, 0.2) is 18.2 Å². The predicted octanol–water partition coefficient (Wildman–Crippen LogP) is 4.93. The first-order chi connectivity index (χ1) is 8.58. The molecular formula is C14H19Cl2NS. The highest BCUT2D eigenvalue weighted by molar-refractivity contribution is 8.00. The van der Waals surface area contributed by atoms with Crippen molar-refractivity contribution < 1.29 is 0 Å². The van der Waals surface area contributed by atoms with Gasteiger partial charge in [0, 0.05) is 17.3 Å². The Balaban J connectivity index is 1.99. The molecule has 1 fully saturated rings. The molecule has 1 unspecified atom stereocenters. The van der Waals surface area contributed by atoms with E-state index in [2.05, 4.69) is 18.5 Å². The van der Waals surface area contributed by atoms with Gasteiger partial charge in [-0.05, 0) is 37.7 Å². The Kier molecular flexibility index (Phi) is 4.87. The van der Waals surface area contributed by atoms with Crippen molar-refractivity contribution in [2.45, 2.75) is 37.0 Å². The highest BCUT2D eigenvalue weighted by Crippen LogP contribution is 2.42. The van der Waals surface area contributed by atoms with E-state index in [1.807, 2.05) is 30.0 Å². The zero-order valence-corrected chi connectivity index (χ0v) is 13.1. The molecule has 18 heavy (non-hydrogen) atoms. The van der Waals surface area contributed by atoms with Crippen LogP contribution in [0.5, 0.6) is 0 Å². The van der Waals surface area contributed by atoms with E-state index in [0.717, 1.165) is 12.1 Å². The number of hydrogen-bond donors (Lipinski definition) is 1. The van der Waals surface area contributed by atoms with E-state index >= 15 is 0 Å². The lowest BCUT2D eigenvalue weighted by Gasteiger charge is -2.41. The van der Waals surface area contributed by atoms with E-state index in [-0.39, 0.29) is 6.04 Å². The smallest absolute Gasteiger partial charge is 0.0639 e. The monoisotopic (exact) mass is 303 g/mol. The number of rotatable bonds is 5. The maximum atomic E-state index is 6.24. The second kappa shape index (κ2) is 6.04. The summed E-state index contributed by atoms with van der Waals surface area (Å²) >= 11 is 14.3. The van der Waals surface area contributed by atoms with Gasteiger partial charge >= 0.3 is 0 Å². The summed E-state index contributed by atoms with van der Waals surface area (Å²) in [6, 6.07) is 6.06. The van der Waals surface area contributed by atoms with Crippen LogP contribution in [0.25, 0.3) is 0 Å². The molecule has 0 aromatic heterocycles. The molecule has 1 aromatic rings. The van der Waals surface area contributed by atoms with Gasteiger partial charge in [-0.25, -0.2) is 0 Å². The van der Waals surface area contributed by atoms with E-state index in [9.17, 15) is 0 Å². The average Bonchev–Trinajstić information content (AvgIpc) is 2.31. The molecule has 1 aliphatic rings. The van der Waals surface area contributed by atoms with Crippen LogP contribution in [0.1, 0.15) is 37.8 Å². The van der Waals surface area contributed by atoms with Gasteiger partial charge in [0.2, 0.25) is 0 Å². The van der Waals surface area contributed by atoms with E-state index in [0.29, 0.717) is 14.8 Å². The first-order valence-electron chi connectivity index (χ1n) is 6.30. The van der Waals surface area contributed by atoms with Gasteiger partial charge in [-0.3, -0.25) is 0 Å². The van der Waals surface area contributed by atoms with E-state index < -0.39 is 0 Å². The largest absolute Gasteiger partial charge is 0.309 e. The first kappa shape index (κ1) is 14.5. The predicted molar refractivity (Wildman–Crippen MR) is 83.0 cm³/mol. The standard InChI is InChI=1S/C14H19Cl2NS/c1-10(11-5-3-6-12(15)13(11)16)17-9-14(18-2)7-4-8-14/h3,5-6,10,17H,4,7-9H2,1-2H3. The fourth-order valence-electron chi connectivity index (χ4n) is 2.33. The molecule has 2 rings (SSSR count). The van der Waals surface area contributed by atoms with Crippen LogP contribution in [0, 0.1) is 0 Å². The molecule has 0 saturated heterocycles. The SMILES string of the molecule is CSC1(CNC(C)c2cccc(Cl)c2Cl)CCC1. The lowest BCUT2D eigenvalue weighted by molar-refractivity contribution is 0.334. The Bertz CT molecular complexity index is 413. The zero-order valence-electron chi connectivity index (χ0n) is 10.8.